The number of hydrogen-bond donors (Lipinski definition) is 0. The number of hydrogen-bond acceptors (Lipinski definition) is 5. The Bertz CT molecular complexity index is 512. The average Bonchev–Trinajstić information content (AvgIpc) is 2.94. The van der Waals surface area contributed by atoms with Gasteiger partial charge in [0.25, 0.3) is 0 Å². The van der Waals surface area contributed by atoms with Crippen LogP contribution in [0.3, 0.4) is 0 Å². The van der Waals surface area contributed by atoms with Gasteiger partial charge < -0.3 is 9.09 Å². The summed E-state index contributed by atoms with van der Waals surface area (Å²) >= 11 is 1.62. The number of nitrogens with zero attached hydrogens (tertiary/aromatic N) is 4. The van der Waals surface area contributed by atoms with Gasteiger partial charge in [0.15, 0.2) is 11.0 Å². The van der Waals surface area contributed by atoms with Crippen molar-refractivity contribution in [2.24, 2.45) is 0 Å². The van der Waals surface area contributed by atoms with Crippen molar-refractivity contribution in [1.82, 2.24) is 19.7 Å². The molecule has 6 heteroatoms. The zero-order chi connectivity index (χ0) is 13.2. The lowest BCUT2D eigenvalue weighted by Crippen LogP contribution is -2.11. The molecule has 0 aromatic carbocycles. The lowest BCUT2D eigenvalue weighted by atomic mass is 9.97. The van der Waals surface area contributed by atoms with E-state index >= 15 is 0 Å². The van der Waals surface area contributed by atoms with Gasteiger partial charge in [0.1, 0.15) is 0 Å². The van der Waals surface area contributed by atoms with Crippen LogP contribution in [0.25, 0.3) is 0 Å². The predicted molar refractivity (Wildman–Crippen MR) is 70.5 cm³/mol. The molecular formula is C12H18N4OS. The molecule has 0 N–H and O–H groups in total. The van der Waals surface area contributed by atoms with E-state index in [0.717, 1.165) is 17.5 Å². The van der Waals surface area contributed by atoms with E-state index in [0.29, 0.717) is 11.6 Å². The Kier molecular flexibility index (Phi) is 3.75. The molecule has 0 bridgehead atoms. The minimum Gasteiger partial charge on any atom is -0.339 e. The van der Waals surface area contributed by atoms with Gasteiger partial charge in [0.05, 0.1) is 5.75 Å². The summed E-state index contributed by atoms with van der Waals surface area (Å²) in [4.78, 5) is 8.70. The zero-order valence-electron chi connectivity index (χ0n) is 11.2. The smallest absolute Gasteiger partial charge is 0.232 e. The van der Waals surface area contributed by atoms with Crippen molar-refractivity contribution in [2.75, 3.05) is 0 Å². The summed E-state index contributed by atoms with van der Waals surface area (Å²) in [6.07, 6.45) is 3.78. The van der Waals surface area contributed by atoms with Crippen LogP contribution in [0.5, 0.6) is 0 Å². The molecule has 5 nitrogen and oxygen atoms in total. The van der Waals surface area contributed by atoms with Crippen molar-refractivity contribution >= 4 is 11.8 Å². The number of thioether (sulfide) groups is 1. The van der Waals surface area contributed by atoms with Gasteiger partial charge in [-0.05, 0) is 6.92 Å². The Morgan fingerprint density at radius 2 is 2.17 bits per heavy atom. The van der Waals surface area contributed by atoms with Gasteiger partial charge in [-0.15, -0.1) is 0 Å². The molecule has 0 spiro atoms. The highest BCUT2D eigenvalue weighted by Gasteiger charge is 2.21. The number of imidazole rings is 1. The molecule has 2 rings (SSSR count). The van der Waals surface area contributed by atoms with Crippen LogP contribution in [-0.4, -0.2) is 19.7 Å². The lowest BCUT2D eigenvalue weighted by Gasteiger charge is -2.10. The summed E-state index contributed by atoms with van der Waals surface area (Å²) in [6.45, 7) is 9.18. The summed E-state index contributed by atoms with van der Waals surface area (Å²) in [5, 5.41) is 4.98. The second-order valence-electron chi connectivity index (χ2n) is 5.05. The van der Waals surface area contributed by atoms with Gasteiger partial charge in [-0.25, -0.2) is 4.98 Å². The first kappa shape index (κ1) is 13.1. The highest BCUT2D eigenvalue weighted by Crippen LogP contribution is 2.23. The molecule has 0 amide bonds. The third-order valence-corrected chi connectivity index (χ3v) is 3.46. The summed E-state index contributed by atoms with van der Waals surface area (Å²) in [6, 6.07) is 0. The quantitative estimate of drug-likeness (QED) is 0.796. The maximum absolute atomic E-state index is 5.25. The van der Waals surface area contributed by atoms with Crippen LogP contribution >= 0.6 is 11.8 Å². The number of aromatic nitrogens is 4. The molecule has 0 radical (unpaired) electrons. The van der Waals surface area contributed by atoms with Gasteiger partial charge in [-0.3, -0.25) is 0 Å². The molecule has 0 fully saturated rings. The fourth-order valence-corrected chi connectivity index (χ4v) is 2.29. The van der Waals surface area contributed by atoms with Crippen molar-refractivity contribution < 1.29 is 4.52 Å². The second-order valence-corrected chi connectivity index (χ2v) is 5.99. The van der Waals surface area contributed by atoms with E-state index in [1.165, 1.54) is 0 Å². The molecule has 18 heavy (non-hydrogen) atoms. The molecule has 0 saturated heterocycles. The zero-order valence-corrected chi connectivity index (χ0v) is 12.0. The van der Waals surface area contributed by atoms with Gasteiger partial charge in [-0.2, -0.15) is 4.98 Å². The highest BCUT2D eigenvalue weighted by molar-refractivity contribution is 7.98. The molecule has 0 saturated carbocycles. The minimum atomic E-state index is -0.0994. The highest BCUT2D eigenvalue weighted by atomic mass is 32.2. The van der Waals surface area contributed by atoms with E-state index in [2.05, 4.69) is 47.4 Å². The van der Waals surface area contributed by atoms with Crippen molar-refractivity contribution in [3.8, 4) is 0 Å². The molecule has 2 aromatic rings. The Morgan fingerprint density at radius 1 is 1.39 bits per heavy atom. The normalized spacial score (nSPS) is 12.0. The van der Waals surface area contributed by atoms with Crippen LogP contribution in [-0.2, 0) is 17.7 Å². The van der Waals surface area contributed by atoms with Crippen molar-refractivity contribution in [3.05, 3.63) is 24.1 Å². The molecule has 98 valence electrons. The summed E-state index contributed by atoms with van der Waals surface area (Å²) in [7, 11) is 0. The molecule has 0 aliphatic carbocycles. The molecule has 0 atom stereocenters. The summed E-state index contributed by atoms with van der Waals surface area (Å²) in [5.41, 5.74) is -0.0994. The predicted octanol–water partition coefficient (Wildman–Crippen LogP) is 2.88. The first-order valence-electron chi connectivity index (χ1n) is 5.97. The fourth-order valence-electron chi connectivity index (χ4n) is 1.42. The van der Waals surface area contributed by atoms with Crippen molar-refractivity contribution in [1.29, 1.82) is 0 Å². The molecule has 2 heterocycles. The Morgan fingerprint density at radius 3 is 2.78 bits per heavy atom. The van der Waals surface area contributed by atoms with Crippen molar-refractivity contribution in [3.63, 3.8) is 0 Å². The van der Waals surface area contributed by atoms with Gasteiger partial charge in [-0.1, -0.05) is 37.7 Å². The standard InChI is InChI=1S/C12H18N4OS/c1-5-16-7-6-13-11(16)18-8-9-14-10(17-15-9)12(2,3)4/h6-7H,5,8H2,1-4H3. The molecule has 0 aliphatic heterocycles. The van der Waals surface area contributed by atoms with Crippen LogP contribution in [0.2, 0.25) is 0 Å². The second kappa shape index (κ2) is 5.14. The van der Waals surface area contributed by atoms with E-state index < -0.39 is 0 Å². The monoisotopic (exact) mass is 266 g/mol. The third kappa shape index (κ3) is 2.93. The van der Waals surface area contributed by atoms with Gasteiger partial charge in [0.2, 0.25) is 5.89 Å². The SMILES string of the molecule is CCn1ccnc1SCc1noc(C(C)(C)C)n1. The molecule has 2 aromatic heterocycles. The molecule has 0 unspecified atom stereocenters. The van der Waals surface area contributed by atoms with Crippen LogP contribution < -0.4 is 0 Å². The Labute approximate surface area is 111 Å². The van der Waals surface area contributed by atoms with Gasteiger partial charge in [0, 0.05) is 24.4 Å². The molecule has 0 aliphatic rings. The Hall–Kier alpha value is -1.30. The van der Waals surface area contributed by atoms with E-state index in [1.807, 2.05) is 12.4 Å². The first-order valence-corrected chi connectivity index (χ1v) is 6.96. The maximum atomic E-state index is 5.25. The lowest BCUT2D eigenvalue weighted by molar-refractivity contribution is 0.319. The Balaban J connectivity index is 2.01. The number of aryl methyl sites for hydroxylation is 1. The van der Waals surface area contributed by atoms with Crippen LogP contribution in [0.15, 0.2) is 22.1 Å². The topological polar surface area (TPSA) is 56.7 Å². The number of rotatable bonds is 4. The van der Waals surface area contributed by atoms with Crippen LogP contribution in [0.1, 0.15) is 39.4 Å². The summed E-state index contributed by atoms with van der Waals surface area (Å²) < 4.78 is 7.35. The minimum absolute atomic E-state index is 0.0994. The summed E-state index contributed by atoms with van der Waals surface area (Å²) in [5.74, 6) is 2.07. The average molecular weight is 266 g/mol. The van der Waals surface area contributed by atoms with Crippen LogP contribution in [0.4, 0.5) is 0 Å². The maximum Gasteiger partial charge on any atom is 0.232 e. The van der Waals surface area contributed by atoms with E-state index in [9.17, 15) is 0 Å². The van der Waals surface area contributed by atoms with Gasteiger partial charge >= 0.3 is 0 Å². The first-order chi connectivity index (χ1) is 8.50. The van der Waals surface area contributed by atoms with Crippen LogP contribution in [0, 0.1) is 0 Å². The largest absolute Gasteiger partial charge is 0.339 e. The molecular weight excluding hydrogens is 248 g/mol. The van der Waals surface area contributed by atoms with Crippen molar-refractivity contribution in [2.45, 2.75) is 50.6 Å². The van der Waals surface area contributed by atoms with E-state index in [1.54, 1.807) is 11.8 Å². The third-order valence-electron chi connectivity index (χ3n) is 2.46. The van der Waals surface area contributed by atoms with E-state index in [-0.39, 0.29) is 5.41 Å². The van der Waals surface area contributed by atoms with E-state index in [4.69, 9.17) is 4.52 Å². The fraction of sp³-hybridized carbons (Fsp3) is 0.583.